The summed E-state index contributed by atoms with van der Waals surface area (Å²) in [7, 11) is 0. The molecule has 9 aromatic carbocycles. The highest BCUT2D eigenvalue weighted by atomic mass is 16.3. The maximum atomic E-state index is 6.20. The number of hydrogen-bond donors (Lipinski definition) is 0. The Kier molecular flexibility index (Phi) is 7.18. The molecule has 0 fully saturated rings. The molecule has 1 aromatic heterocycles. The van der Waals surface area contributed by atoms with E-state index in [4.69, 9.17) is 4.42 Å². The van der Waals surface area contributed by atoms with Gasteiger partial charge in [-0.1, -0.05) is 146 Å². The molecule has 2 nitrogen and oxygen atoms in total. The Hall–Kier alpha value is -6.90. The first-order valence-corrected chi connectivity index (χ1v) is 17.7. The molecule has 0 unspecified atom stereocenters. The number of nitrogens with zero attached hydrogens (tertiary/aromatic N) is 1. The van der Waals surface area contributed by atoms with E-state index in [9.17, 15) is 0 Å². The highest BCUT2D eigenvalue weighted by Crippen LogP contribution is 2.40. The molecule has 1 heterocycles. The molecule has 0 atom stereocenters. The lowest BCUT2D eigenvalue weighted by Crippen LogP contribution is -2.09. The number of hydrogen-bond acceptors (Lipinski definition) is 2. The van der Waals surface area contributed by atoms with Crippen molar-refractivity contribution in [1.29, 1.82) is 0 Å². The summed E-state index contributed by atoms with van der Waals surface area (Å²) in [6.45, 7) is 0. The second-order valence-electron chi connectivity index (χ2n) is 13.4. The molecular formula is C50H33NO. The van der Waals surface area contributed by atoms with Gasteiger partial charge in [-0.15, -0.1) is 0 Å². The van der Waals surface area contributed by atoms with E-state index in [1.165, 1.54) is 43.4 Å². The van der Waals surface area contributed by atoms with Gasteiger partial charge in [-0.25, -0.2) is 0 Å². The van der Waals surface area contributed by atoms with Crippen molar-refractivity contribution in [3.63, 3.8) is 0 Å². The van der Waals surface area contributed by atoms with Crippen molar-refractivity contribution in [3.8, 4) is 33.6 Å². The molecule has 0 N–H and O–H groups in total. The maximum Gasteiger partial charge on any atom is 0.135 e. The van der Waals surface area contributed by atoms with Gasteiger partial charge in [0.15, 0.2) is 0 Å². The minimum absolute atomic E-state index is 0.877. The lowest BCUT2D eigenvalue weighted by molar-refractivity contribution is 0.631. The molecule has 0 saturated heterocycles. The van der Waals surface area contributed by atoms with Gasteiger partial charge in [0.05, 0.1) is 0 Å². The van der Waals surface area contributed by atoms with Crippen LogP contribution < -0.4 is 4.90 Å². The Morgan fingerprint density at radius 1 is 0.308 bits per heavy atom. The SMILES string of the molecule is c1cc(-c2ccc(N(c3ccc(-c4cccc5ccccc45)cc3)c3ccc4c(ccc5ccccc54)c3)cc2)cc(-c2cc3ccccc3o2)c1. The number of rotatable bonds is 6. The number of furan rings is 1. The largest absolute Gasteiger partial charge is 0.456 e. The van der Waals surface area contributed by atoms with E-state index in [0.29, 0.717) is 0 Å². The van der Waals surface area contributed by atoms with Gasteiger partial charge in [0.2, 0.25) is 0 Å². The smallest absolute Gasteiger partial charge is 0.135 e. The third-order valence-electron chi connectivity index (χ3n) is 10.2. The fourth-order valence-electron chi connectivity index (χ4n) is 7.63. The molecule has 0 spiro atoms. The molecular weight excluding hydrogens is 631 g/mol. The summed E-state index contributed by atoms with van der Waals surface area (Å²) in [5, 5.41) is 8.61. The second-order valence-corrected chi connectivity index (χ2v) is 13.4. The van der Waals surface area contributed by atoms with Crippen LogP contribution in [0, 0.1) is 0 Å². The third-order valence-corrected chi connectivity index (χ3v) is 10.2. The summed E-state index contributed by atoms with van der Waals surface area (Å²) in [6.07, 6.45) is 0. The fraction of sp³-hybridized carbons (Fsp3) is 0. The molecule has 0 saturated carbocycles. The highest BCUT2D eigenvalue weighted by Gasteiger charge is 2.16. The Morgan fingerprint density at radius 2 is 0.885 bits per heavy atom. The molecule has 0 bridgehead atoms. The lowest BCUT2D eigenvalue weighted by atomic mass is 9.97. The van der Waals surface area contributed by atoms with Gasteiger partial charge in [-0.3, -0.25) is 0 Å². The van der Waals surface area contributed by atoms with Gasteiger partial charge < -0.3 is 9.32 Å². The van der Waals surface area contributed by atoms with Crippen molar-refractivity contribution < 1.29 is 4.42 Å². The quantitative estimate of drug-likeness (QED) is 0.165. The molecule has 0 aliphatic carbocycles. The van der Waals surface area contributed by atoms with Gasteiger partial charge in [-0.05, 0) is 109 Å². The van der Waals surface area contributed by atoms with Gasteiger partial charge in [-0.2, -0.15) is 0 Å². The van der Waals surface area contributed by atoms with Crippen LogP contribution in [0.15, 0.2) is 205 Å². The van der Waals surface area contributed by atoms with Crippen LogP contribution in [0.3, 0.4) is 0 Å². The third kappa shape index (κ3) is 5.30. The summed E-state index contributed by atoms with van der Waals surface area (Å²) in [6, 6.07) is 71.8. The Morgan fingerprint density at radius 3 is 1.67 bits per heavy atom. The molecule has 10 rings (SSSR count). The van der Waals surface area contributed by atoms with E-state index in [0.717, 1.165) is 50.5 Å². The number of fused-ring (bicyclic) bond motifs is 5. The van der Waals surface area contributed by atoms with Crippen molar-refractivity contribution in [2.45, 2.75) is 0 Å². The Balaban J connectivity index is 1.05. The van der Waals surface area contributed by atoms with Crippen LogP contribution in [0.5, 0.6) is 0 Å². The van der Waals surface area contributed by atoms with Crippen molar-refractivity contribution in [2.24, 2.45) is 0 Å². The molecule has 0 aliphatic rings. The normalized spacial score (nSPS) is 11.5. The van der Waals surface area contributed by atoms with Gasteiger partial charge in [0.25, 0.3) is 0 Å². The summed E-state index contributed by atoms with van der Waals surface area (Å²) >= 11 is 0. The molecule has 52 heavy (non-hydrogen) atoms. The molecule has 10 aromatic rings. The zero-order valence-corrected chi connectivity index (χ0v) is 28.4. The molecule has 244 valence electrons. The van der Waals surface area contributed by atoms with E-state index >= 15 is 0 Å². The molecule has 0 aliphatic heterocycles. The van der Waals surface area contributed by atoms with Crippen molar-refractivity contribution in [1.82, 2.24) is 0 Å². The molecule has 0 radical (unpaired) electrons. The van der Waals surface area contributed by atoms with Crippen LogP contribution in [0.4, 0.5) is 17.1 Å². The van der Waals surface area contributed by atoms with E-state index in [-0.39, 0.29) is 0 Å². The topological polar surface area (TPSA) is 16.4 Å². The summed E-state index contributed by atoms with van der Waals surface area (Å²) < 4.78 is 6.20. The summed E-state index contributed by atoms with van der Waals surface area (Å²) in [5.41, 5.74) is 10.0. The average Bonchev–Trinajstić information content (AvgIpc) is 3.66. The van der Waals surface area contributed by atoms with Crippen LogP contribution in [0.25, 0.3) is 76.9 Å². The average molecular weight is 664 g/mol. The minimum atomic E-state index is 0.877. The lowest BCUT2D eigenvalue weighted by Gasteiger charge is -2.26. The Labute approximate surface area is 302 Å². The van der Waals surface area contributed by atoms with Gasteiger partial charge in [0, 0.05) is 28.0 Å². The van der Waals surface area contributed by atoms with Crippen molar-refractivity contribution in [3.05, 3.63) is 200 Å². The first kappa shape index (κ1) is 30.0. The monoisotopic (exact) mass is 663 g/mol. The number of anilines is 3. The first-order valence-electron chi connectivity index (χ1n) is 17.7. The predicted octanol–water partition coefficient (Wildman–Crippen LogP) is 14.4. The second kappa shape index (κ2) is 12.5. The standard InChI is InChI=1S/C50H33NO/c1-4-15-45-35(9-1)12-8-17-47(45)37-23-27-43(28-24-37)51(44-29-30-48-39(32-44)20-19-36-10-2-5-16-46(36)48)42-25-21-34(22-26-42)38-13-7-14-40(31-38)50-33-41-11-3-6-18-49(41)52-50/h1-33H. The van der Waals surface area contributed by atoms with Crippen LogP contribution in [-0.2, 0) is 0 Å². The molecule has 2 heteroatoms. The fourth-order valence-corrected chi connectivity index (χ4v) is 7.63. The van der Waals surface area contributed by atoms with E-state index < -0.39 is 0 Å². The minimum Gasteiger partial charge on any atom is -0.456 e. The Bertz CT molecular complexity index is 2860. The highest BCUT2D eigenvalue weighted by molar-refractivity contribution is 6.08. The number of para-hydroxylation sites is 1. The maximum absolute atomic E-state index is 6.20. The first-order chi connectivity index (χ1) is 25.7. The van der Waals surface area contributed by atoms with E-state index in [1.807, 2.05) is 18.2 Å². The molecule has 0 amide bonds. The zero-order valence-electron chi connectivity index (χ0n) is 28.4. The zero-order chi connectivity index (χ0) is 34.4. The predicted molar refractivity (Wildman–Crippen MR) is 220 cm³/mol. The summed E-state index contributed by atoms with van der Waals surface area (Å²) in [5.74, 6) is 0.877. The van der Waals surface area contributed by atoms with E-state index in [2.05, 4.69) is 187 Å². The van der Waals surface area contributed by atoms with Crippen LogP contribution in [0.1, 0.15) is 0 Å². The van der Waals surface area contributed by atoms with Gasteiger partial charge in [0.1, 0.15) is 11.3 Å². The number of benzene rings is 9. The van der Waals surface area contributed by atoms with E-state index in [1.54, 1.807) is 0 Å². The van der Waals surface area contributed by atoms with Crippen LogP contribution >= 0.6 is 0 Å². The van der Waals surface area contributed by atoms with Crippen molar-refractivity contribution in [2.75, 3.05) is 4.90 Å². The van der Waals surface area contributed by atoms with Crippen LogP contribution in [0.2, 0.25) is 0 Å². The van der Waals surface area contributed by atoms with Crippen LogP contribution in [-0.4, -0.2) is 0 Å². The summed E-state index contributed by atoms with van der Waals surface area (Å²) in [4.78, 5) is 2.36. The van der Waals surface area contributed by atoms with Crippen molar-refractivity contribution >= 4 is 60.3 Å². The van der Waals surface area contributed by atoms with Gasteiger partial charge >= 0.3 is 0 Å².